The maximum absolute atomic E-state index is 11.6. The summed E-state index contributed by atoms with van der Waals surface area (Å²) in [6.07, 6.45) is 0.523. The molecule has 0 heterocycles. The van der Waals surface area contributed by atoms with Crippen LogP contribution in [0.5, 0.6) is 0 Å². The first-order valence-electron chi connectivity index (χ1n) is 6.37. The first-order valence-corrected chi connectivity index (χ1v) is 7.42. The third-order valence-corrected chi connectivity index (χ3v) is 3.78. The highest BCUT2D eigenvalue weighted by molar-refractivity contribution is 7.25. The fourth-order valence-electron chi connectivity index (χ4n) is 2.06. The lowest BCUT2D eigenvalue weighted by molar-refractivity contribution is -0.207. The van der Waals surface area contributed by atoms with Crippen molar-refractivity contribution >= 4 is 14.4 Å². The number of rotatable bonds is 10. The highest BCUT2D eigenvalue weighted by atomic mass is 31.1. The van der Waals surface area contributed by atoms with E-state index in [1.165, 1.54) is 0 Å². The van der Waals surface area contributed by atoms with Gasteiger partial charge in [0.1, 0.15) is 8.46 Å². The van der Waals surface area contributed by atoms with Crippen molar-refractivity contribution in [3.63, 3.8) is 0 Å². The van der Waals surface area contributed by atoms with Crippen molar-refractivity contribution in [3.8, 4) is 0 Å². The Labute approximate surface area is 110 Å². The van der Waals surface area contributed by atoms with E-state index in [4.69, 9.17) is 14.6 Å². The minimum atomic E-state index is -1.37. The molecule has 0 aromatic carbocycles. The molecule has 0 aliphatic rings. The van der Waals surface area contributed by atoms with Gasteiger partial charge in [-0.1, -0.05) is 13.8 Å². The van der Waals surface area contributed by atoms with Crippen LogP contribution in [-0.4, -0.2) is 29.8 Å². The number of aliphatic carboxylic acids is 1. The van der Waals surface area contributed by atoms with Crippen LogP contribution in [0, 0.1) is 11.8 Å². The Morgan fingerprint density at radius 1 is 1.28 bits per heavy atom. The van der Waals surface area contributed by atoms with E-state index in [1.807, 2.05) is 13.8 Å². The fraction of sp³-hybridized carbons (Fsp3) is 0.917. The number of hydrogen-bond donors (Lipinski definition) is 1. The minimum Gasteiger partial charge on any atom is -0.481 e. The first-order chi connectivity index (χ1) is 8.41. The van der Waals surface area contributed by atoms with E-state index in [1.54, 1.807) is 13.8 Å². The smallest absolute Gasteiger partial charge is 0.303 e. The highest BCUT2D eigenvalue weighted by Gasteiger charge is 2.41. The van der Waals surface area contributed by atoms with Gasteiger partial charge in [0.25, 0.3) is 0 Å². The Morgan fingerprint density at radius 2 is 1.78 bits per heavy atom. The predicted octanol–water partition coefficient (Wildman–Crippen LogP) is 2.61. The Morgan fingerprint density at radius 3 is 2.06 bits per heavy atom. The molecule has 0 spiro atoms. The van der Waals surface area contributed by atoms with Crippen molar-refractivity contribution in [1.82, 2.24) is 0 Å². The van der Waals surface area contributed by atoms with Crippen molar-refractivity contribution in [2.24, 2.45) is 11.8 Å². The molecule has 2 unspecified atom stereocenters. The topological polar surface area (TPSA) is 72.8 Å². The second-order valence-electron chi connectivity index (χ2n) is 4.63. The zero-order valence-electron chi connectivity index (χ0n) is 11.6. The molecule has 6 heteroatoms. The Hall–Kier alpha value is -0.380. The van der Waals surface area contributed by atoms with Crippen molar-refractivity contribution in [2.75, 3.05) is 13.2 Å². The summed E-state index contributed by atoms with van der Waals surface area (Å²) in [6, 6.07) is 0. The standard InChI is InChI=1S/C12H25O5P/c1-5-16-12(18-15,17-6-2)10(7-9(3)4)8-11(13)14/h9-10H,5-8,18H2,1-4H3,(H,13,14). The summed E-state index contributed by atoms with van der Waals surface area (Å²) in [6.45, 7) is 8.27. The van der Waals surface area contributed by atoms with E-state index in [9.17, 15) is 9.36 Å². The maximum Gasteiger partial charge on any atom is 0.303 e. The van der Waals surface area contributed by atoms with E-state index in [2.05, 4.69) is 0 Å². The Kier molecular flexibility index (Phi) is 8.49. The second kappa shape index (κ2) is 8.68. The van der Waals surface area contributed by atoms with Crippen molar-refractivity contribution in [3.05, 3.63) is 0 Å². The molecule has 0 aliphatic heterocycles. The van der Waals surface area contributed by atoms with Gasteiger partial charge in [-0.2, -0.15) is 0 Å². The fourth-order valence-corrected chi connectivity index (χ4v) is 2.98. The number of carbonyl (C=O) groups is 1. The van der Waals surface area contributed by atoms with Gasteiger partial charge in [0.05, 0.1) is 6.42 Å². The molecule has 108 valence electrons. The summed E-state index contributed by atoms with van der Waals surface area (Å²) in [5, 5.41) is 8.99. The largest absolute Gasteiger partial charge is 0.481 e. The van der Waals surface area contributed by atoms with Gasteiger partial charge in [-0.15, -0.1) is 0 Å². The van der Waals surface area contributed by atoms with Crippen LogP contribution >= 0.6 is 8.46 Å². The van der Waals surface area contributed by atoms with E-state index < -0.39 is 20.0 Å². The van der Waals surface area contributed by atoms with Crippen LogP contribution in [0.2, 0.25) is 0 Å². The van der Waals surface area contributed by atoms with E-state index >= 15 is 0 Å². The quantitative estimate of drug-likeness (QED) is 0.492. The van der Waals surface area contributed by atoms with Gasteiger partial charge < -0.3 is 19.1 Å². The van der Waals surface area contributed by atoms with Gasteiger partial charge >= 0.3 is 5.97 Å². The Bertz CT molecular complexity index is 261. The first kappa shape index (κ1) is 17.6. The van der Waals surface area contributed by atoms with Gasteiger partial charge in [-0.3, -0.25) is 4.79 Å². The maximum atomic E-state index is 11.6. The molecule has 0 radical (unpaired) electrons. The molecule has 18 heavy (non-hydrogen) atoms. The third-order valence-electron chi connectivity index (χ3n) is 2.65. The van der Waals surface area contributed by atoms with Gasteiger partial charge in [0.2, 0.25) is 5.53 Å². The number of ether oxygens (including phenoxy) is 2. The van der Waals surface area contributed by atoms with Crippen LogP contribution in [0.15, 0.2) is 0 Å². The lowest BCUT2D eigenvalue weighted by Crippen LogP contribution is -2.40. The van der Waals surface area contributed by atoms with Gasteiger partial charge in [0, 0.05) is 19.1 Å². The van der Waals surface area contributed by atoms with Crippen LogP contribution in [0.3, 0.4) is 0 Å². The molecule has 0 amide bonds. The monoisotopic (exact) mass is 280 g/mol. The normalized spacial score (nSPS) is 14.5. The van der Waals surface area contributed by atoms with Crippen LogP contribution in [0.4, 0.5) is 0 Å². The summed E-state index contributed by atoms with van der Waals surface area (Å²) >= 11 is 0. The molecule has 0 aromatic heterocycles. The summed E-state index contributed by atoms with van der Waals surface area (Å²) in [5.41, 5.74) is -1.23. The minimum absolute atomic E-state index is 0.0899. The van der Waals surface area contributed by atoms with Crippen LogP contribution in [0.25, 0.3) is 0 Å². The van der Waals surface area contributed by atoms with Crippen molar-refractivity contribution in [1.29, 1.82) is 0 Å². The average molecular weight is 280 g/mol. The van der Waals surface area contributed by atoms with Gasteiger partial charge in [-0.05, 0) is 26.2 Å². The van der Waals surface area contributed by atoms with Crippen molar-refractivity contribution in [2.45, 2.75) is 46.1 Å². The molecular formula is C12H25O5P. The second-order valence-corrected chi connectivity index (χ2v) is 5.67. The lowest BCUT2D eigenvalue weighted by Gasteiger charge is -2.36. The lowest BCUT2D eigenvalue weighted by atomic mass is 9.93. The number of hydrogen-bond acceptors (Lipinski definition) is 4. The molecular weight excluding hydrogens is 255 g/mol. The van der Waals surface area contributed by atoms with E-state index in [0.717, 1.165) is 0 Å². The summed E-state index contributed by atoms with van der Waals surface area (Å²) in [4.78, 5) is 11.0. The molecule has 1 N–H and O–H groups in total. The molecule has 0 bridgehead atoms. The SMILES string of the molecule is CCOC(OCC)([PH2]=O)C(CC(=O)O)CC(C)C. The van der Waals surface area contributed by atoms with E-state index in [0.29, 0.717) is 25.6 Å². The van der Waals surface area contributed by atoms with Crippen LogP contribution in [0.1, 0.15) is 40.5 Å². The molecule has 5 nitrogen and oxygen atoms in total. The van der Waals surface area contributed by atoms with Crippen LogP contribution in [-0.2, 0) is 18.8 Å². The molecule has 0 aromatic rings. The molecule has 2 atom stereocenters. The van der Waals surface area contributed by atoms with E-state index in [-0.39, 0.29) is 12.3 Å². The summed E-state index contributed by atoms with van der Waals surface area (Å²) in [5.74, 6) is -1.01. The average Bonchev–Trinajstić information content (AvgIpc) is 2.26. The summed E-state index contributed by atoms with van der Waals surface area (Å²) in [7, 11) is -1.37. The zero-order valence-corrected chi connectivity index (χ0v) is 12.8. The van der Waals surface area contributed by atoms with Crippen LogP contribution < -0.4 is 0 Å². The molecule has 0 saturated carbocycles. The predicted molar refractivity (Wildman–Crippen MR) is 71.6 cm³/mol. The molecule has 0 fully saturated rings. The highest BCUT2D eigenvalue weighted by Crippen LogP contribution is 2.40. The third kappa shape index (κ3) is 5.51. The molecule has 0 aliphatic carbocycles. The van der Waals surface area contributed by atoms with Crippen molar-refractivity contribution < 1.29 is 23.9 Å². The summed E-state index contributed by atoms with van der Waals surface area (Å²) < 4.78 is 22.6. The molecule has 0 rings (SSSR count). The number of carboxylic acid groups (broad SMARTS) is 1. The van der Waals surface area contributed by atoms with Gasteiger partial charge in [-0.25, -0.2) is 0 Å². The Balaban J connectivity index is 5.14. The van der Waals surface area contributed by atoms with Gasteiger partial charge in [0.15, 0.2) is 0 Å². The zero-order chi connectivity index (χ0) is 14.2. The molecule has 0 saturated heterocycles. The number of carboxylic acids is 1.